The van der Waals surface area contributed by atoms with Crippen LogP contribution in [0.5, 0.6) is 11.5 Å². The number of aliphatic hydroxyl groups is 1. The molecule has 2 heterocycles. The number of ketones is 1. The molecule has 1 N–H and O–H groups in total. The van der Waals surface area contributed by atoms with Crippen LogP contribution in [0.15, 0.2) is 12.1 Å². The van der Waals surface area contributed by atoms with Gasteiger partial charge < -0.3 is 14.6 Å². The summed E-state index contributed by atoms with van der Waals surface area (Å²) in [5.74, 6) is 2.48. The lowest BCUT2D eigenvalue weighted by Gasteiger charge is -2.65. The van der Waals surface area contributed by atoms with Gasteiger partial charge in [-0.2, -0.15) is 0 Å². The molecule has 2 bridgehead atoms. The molecule has 0 amide bonds. The average molecular weight is 410 g/mol. The highest BCUT2D eigenvalue weighted by Gasteiger charge is 2.77. The standard InChI is InChI=1S/C25H31NO4/c1-29-17-7-6-16-12-18-25(28)14-23(8-2-3-9-23)21(27)22-24(25,19(16)20(17)30-22)10-11-26(18)13-15-4-5-15/h6-7,15,18,22,28H,2-5,8-14H2,1H3/t18-,22+,24+,25-/m1/s1. The summed E-state index contributed by atoms with van der Waals surface area (Å²) >= 11 is 0. The zero-order valence-corrected chi connectivity index (χ0v) is 17.8. The summed E-state index contributed by atoms with van der Waals surface area (Å²) in [7, 11) is 1.66. The number of carbonyl (C=O) groups excluding carboxylic acids is 1. The van der Waals surface area contributed by atoms with Crippen LogP contribution in [0, 0.1) is 11.3 Å². The van der Waals surface area contributed by atoms with Crippen molar-refractivity contribution >= 4 is 5.78 Å². The van der Waals surface area contributed by atoms with Crippen molar-refractivity contribution in [2.45, 2.75) is 80.9 Å². The van der Waals surface area contributed by atoms with Gasteiger partial charge in [0.2, 0.25) is 0 Å². The minimum atomic E-state index is -0.909. The van der Waals surface area contributed by atoms with Crippen molar-refractivity contribution in [2.24, 2.45) is 11.3 Å². The van der Waals surface area contributed by atoms with Gasteiger partial charge in [0.15, 0.2) is 23.4 Å². The Balaban J connectivity index is 1.46. The Bertz CT molecular complexity index is 949. The third-order valence-electron chi connectivity index (χ3n) is 9.65. The van der Waals surface area contributed by atoms with Gasteiger partial charge in [0, 0.05) is 23.6 Å². The summed E-state index contributed by atoms with van der Waals surface area (Å²) in [6, 6.07) is 4.22. The number of carbonyl (C=O) groups is 1. The Hall–Kier alpha value is -1.59. The topological polar surface area (TPSA) is 59.0 Å². The lowest BCUT2D eigenvalue weighted by Crippen LogP contribution is -2.79. The van der Waals surface area contributed by atoms with Crippen molar-refractivity contribution in [1.29, 1.82) is 0 Å². The van der Waals surface area contributed by atoms with Crippen LogP contribution >= 0.6 is 0 Å². The smallest absolute Gasteiger partial charge is 0.180 e. The fraction of sp³-hybridized carbons (Fsp3) is 0.720. The Labute approximate surface area is 177 Å². The molecular formula is C25H31NO4. The van der Waals surface area contributed by atoms with Gasteiger partial charge in [-0.3, -0.25) is 9.69 Å². The van der Waals surface area contributed by atoms with Crippen LogP contribution in [0.2, 0.25) is 0 Å². The molecular weight excluding hydrogens is 378 g/mol. The second-order valence-electron chi connectivity index (χ2n) is 11.0. The van der Waals surface area contributed by atoms with Crippen LogP contribution < -0.4 is 9.47 Å². The van der Waals surface area contributed by atoms with Crippen LogP contribution in [0.4, 0.5) is 0 Å². The number of rotatable bonds is 3. The van der Waals surface area contributed by atoms with E-state index >= 15 is 0 Å². The largest absolute Gasteiger partial charge is 0.493 e. The SMILES string of the molecule is COc1ccc2c3c1O[C@H]1C(=O)C4(CCCC4)C[C@@]4(O)[C@@H](C2)N(CC2CC2)CC[C@]314. The summed E-state index contributed by atoms with van der Waals surface area (Å²) in [4.78, 5) is 16.6. The highest BCUT2D eigenvalue weighted by Crippen LogP contribution is 2.69. The summed E-state index contributed by atoms with van der Waals surface area (Å²) in [6.07, 6.45) is 8.30. The highest BCUT2D eigenvalue weighted by atomic mass is 16.5. The van der Waals surface area contributed by atoms with Gasteiger partial charge in [-0.1, -0.05) is 18.9 Å². The van der Waals surface area contributed by atoms with E-state index in [4.69, 9.17) is 9.47 Å². The van der Waals surface area contributed by atoms with Crippen molar-refractivity contribution in [3.05, 3.63) is 23.3 Å². The van der Waals surface area contributed by atoms with E-state index in [1.807, 2.05) is 6.07 Å². The van der Waals surface area contributed by atoms with E-state index in [9.17, 15) is 9.90 Å². The lowest BCUT2D eigenvalue weighted by atomic mass is 9.44. The molecule has 2 aliphatic heterocycles. The zero-order chi connectivity index (χ0) is 20.3. The van der Waals surface area contributed by atoms with Crippen molar-refractivity contribution in [3.63, 3.8) is 0 Å². The van der Waals surface area contributed by atoms with Crippen molar-refractivity contribution in [3.8, 4) is 11.5 Å². The van der Waals surface area contributed by atoms with Gasteiger partial charge in [0.25, 0.3) is 0 Å². The molecule has 0 unspecified atom stereocenters. The van der Waals surface area contributed by atoms with Crippen LogP contribution in [0.3, 0.4) is 0 Å². The van der Waals surface area contributed by atoms with Crippen LogP contribution in [-0.4, -0.2) is 53.7 Å². The first-order valence-electron chi connectivity index (χ1n) is 11.9. The van der Waals surface area contributed by atoms with E-state index in [-0.39, 0.29) is 11.8 Å². The molecule has 0 radical (unpaired) electrons. The molecule has 1 saturated heterocycles. The first kappa shape index (κ1) is 18.0. The number of nitrogens with zero attached hydrogens (tertiary/aromatic N) is 1. The molecule has 4 atom stereocenters. The number of ether oxygens (including phenoxy) is 2. The van der Waals surface area contributed by atoms with Gasteiger partial charge in [-0.25, -0.2) is 0 Å². The molecule has 4 fully saturated rings. The van der Waals surface area contributed by atoms with Crippen LogP contribution in [0.1, 0.15) is 62.5 Å². The lowest BCUT2D eigenvalue weighted by molar-refractivity contribution is -0.209. The Morgan fingerprint density at radius 3 is 2.77 bits per heavy atom. The summed E-state index contributed by atoms with van der Waals surface area (Å²) in [6.45, 7) is 2.04. The number of piperidine rings is 1. The molecule has 3 saturated carbocycles. The van der Waals surface area contributed by atoms with Gasteiger partial charge >= 0.3 is 0 Å². The third-order valence-corrected chi connectivity index (χ3v) is 9.65. The molecule has 6 aliphatic rings. The monoisotopic (exact) mass is 409 g/mol. The fourth-order valence-corrected chi connectivity index (χ4v) is 8.15. The minimum Gasteiger partial charge on any atom is -0.493 e. The summed E-state index contributed by atoms with van der Waals surface area (Å²) in [5.41, 5.74) is 0.418. The van der Waals surface area contributed by atoms with Gasteiger partial charge in [-0.15, -0.1) is 0 Å². The van der Waals surface area contributed by atoms with E-state index < -0.39 is 22.5 Å². The van der Waals surface area contributed by atoms with Crippen LogP contribution in [0.25, 0.3) is 0 Å². The molecule has 1 aromatic carbocycles. The average Bonchev–Trinajstić information content (AvgIpc) is 3.30. The number of likely N-dealkylation sites (tertiary alicyclic amines) is 1. The number of methoxy groups -OCH3 is 1. The minimum absolute atomic E-state index is 0.0790. The Kier molecular flexibility index (Phi) is 3.37. The van der Waals surface area contributed by atoms with Crippen molar-refractivity contribution < 1.29 is 19.4 Å². The summed E-state index contributed by atoms with van der Waals surface area (Å²) < 4.78 is 12.2. The normalized spacial score (nSPS) is 40.4. The first-order valence-corrected chi connectivity index (χ1v) is 11.9. The molecule has 4 aliphatic carbocycles. The second-order valence-corrected chi connectivity index (χ2v) is 11.0. The highest BCUT2D eigenvalue weighted by molar-refractivity contribution is 5.95. The molecule has 5 heteroatoms. The molecule has 5 nitrogen and oxygen atoms in total. The molecule has 2 spiro atoms. The molecule has 160 valence electrons. The van der Waals surface area contributed by atoms with E-state index in [0.29, 0.717) is 12.2 Å². The number of hydrogen-bond acceptors (Lipinski definition) is 5. The number of Topliss-reactive ketones (excluding diaryl/α,β-unsaturated/α-hetero) is 1. The quantitative estimate of drug-likeness (QED) is 0.832. The van der Waals surface area contributed by atoms with Gasteiger partial charge in [0.05, 0.1) is 18.1 Å². The maximum Gasteiger partial charge on any atom is 0.180 e. The van der Waals surface area contributed by atoms with Crippen molar-refractivity contribution in [2.75, 3.05) is 20.2 Å². The maximum atomic E-state index is 14.0. The second kappa shape index (κ2) is 5.60. The van der Waals surface area contributed by atoms with E-state index in [1.54, 1.807) is 7.11 Å². The van der Waals surface area contributed by atoms with Crippen LogP contribution in [-0.2, 0) is 16.6 Å². The van der Waals surface area contributed by atoms with Gasteiger partial charge in [0.1, 0.15) is 0 Å². The predicted octanol–water partition coefficient (Wildman–Crippen LogP) is 3.00. The Morgan fingerprint density at radius 2 is 2.03 bits per heavy atom. The summed E-state index contributed by atoms with van der Waals surface area (Å²) in [5, 5.41) is 12.7. The molecule has 1 aromatic rings. The van der Waals surface area contributed by atoms with Crippen molar-refractivity contribution in [1.82, 2.24) is 4.90 Å². The molecule has 30 heavy (non-hydrogen) atoms. The first-order chi connectivity index (χ1) is 14.5. The fourth-order valence-electron chi connectivity index (χ4n) is 8.15. The zero-order valence-electron chi connectivity index (χ0n) is 17.8. The van der Waals surface area contributed by atoms with E-state index in [2.05, 4.69) is 11.0 Å². The Morgan fingerprint density at radius 1 is 1.23 bits per heavy atom. The molecule has 7 rings (SSSR count). The van der Waals surface area contributed by atoms with E-state index in [0.717, 1.165) is 68.8 Å². The maximum absolute atomic E-state index is 14.0. The van der Waals surface area contributed by atoms with E-state index in [1.165, 1.54) is 18.4 Å². The third kappa shape index (κ3) is 1.91. The number of hydrogen-bond donors (Lipinski definition) is 1. The van der Waals surface area contributed by atoms with Gasteiger partial charge in [-0.05, 0) is 69.0 Å². The molecule has 0 aromatic heterocycles. The number of benzene rings is 1. The predicted molar refractivity (Wildman–Crippen MR) is 111 cm³/mol.